The number of aliphatic carboxylic acids is 1. The lowest BCUT2D eigenvalue weighted by atomic mass is 9.74. The first-order valence-corrected chi connectivity index (χ1v) is 13.4. The number of carbonyl (C=O) groups is 1. The quantitative estimate of drug-likeness (QED) is 0.246. The van der Waals surface area contributed by atoms with Crippen molar-refractivity contribution in [1.82, 2.24) is 9.88 Å². The van der Waals surface area contributed by atoms with Crippen molar-refractivity contribution in [1.29, 1.82) is 0 Å². The van der Waals surface area contributed by atoms with Crippen molar-refractivity contribution in [2.75, 3.05) is 32.5 Å². The zero-order valence-corrected chi connectivity index (χ0v) is 21.8. The van der Waals surface area contributed by atoms with Gasteiger partial charge in [0.05, 0.1) is 18.0 Å². The number of methoxy groups -OCH3 is 1. The van der Waals surface area contributed by atoms with Crippen LogP contribution in [0.4, 0.5) is 13.2 Å². The number of aromatic nitrogens is 1. The van der Waals surface area contributed by atoms with E-state index in [0.717, 1.165) is 47.2 Å². The molecule has 1 aromatic heterocycles. The first-order chi connectivity index (χ1) is 17.7. The molecule has 0 bridgehead atoms. The summed E-state index contributed by atoms with van der Waals surface area (Å²) in [4.78, 5) is 19.4. The Morgan fingerprint density at radius 2 is 1.86 bits per heavy atom. The van der Waals surface area contributed by atoms with Crippen molar-refractivity contribution in [3.8, 4) is 5.75 Å². The monoisotopic (exact) mass is 532 g/mol. The number of aryl methyl sites for hydroxylation is 2. The third-order valence-electron chi connectivity index (χ3n) is 7.38. The molecule has 0 amide bonds. The average Bonchev–Trinajstić information content (AvgIpc) is 2.89. The molecule has 2 aromatic carbocycles. The van der Waals surface area contributed by atoms with Crippen LogP contribution in [0.1, 0.15) is 36.8 Å². The number of halogens is 3. The van der Waals surface area contributed by atoms with Crippen LogP contribution in [0.15, 0.2) is 41.4 Å². The highest BCUT2D eigenvalue weighted by Crippen LogP contribution is 2.38. The second-order valence-electron chi connectivity index (χ2n) is 9.63. The van der Waals surface area contributed by atoms with Gasteiger partial charge in [0.1, 0.15) is 5.75 Å². The van der Waals surface area contributed by atoms with Gasteiger partial charge in [0.15, 0.2) is 17.5 Å². The lowest BCUT2D eigenvalue weighted by molar-refractivity contribution is -0.152. The largest absolute Gasteiger partial charge is 0.497 e. The maximum Gasteiger partial charge on any atom is 0.309 e. The van der Waals surface area contributed by atoms with Crippen LogP contribution in [0.5, 0.6) is 5.75 Å². The molecule has 0 spiro atoms. The van der Waals surface area contributed by atoms with E-state index in [4.69, 9.17) is 4.74 Å². The van der Waals surface area contributed by atoms with E-state index in [1.54, 1.807) is 7.11 Å². The van der Waals surface area contributed by atoms with Gasteiger partial charge in [0.2, 0.25) is 0 Å². The zero-order chi connectivity index (χ0) is 26.6. The number of likely N-dealkylation sites (tertiary alicyclic amines) is 1. The van der Waals surface area contributed by atoms with Crippen molar-refractivity contribution >= 4 is 28.6 Å². The van der Waals surface area contributed by atoms with E-state index in [-0.39, 0.29) is 0 Å². The minimum atomic E-state index is -1.46. The topological polar surface area (TPSA) is 62.7 Å². The summed E-state index contributed by atoms with van der Waals surface area (Å²) in [6.45, 7) is 3.98. The molecule has 0 aliphatic carbocycles. The molecule has 1 fully saturated rings. The molecule has 1 aliphatic rings. The second kappa shape index (κ2) is 11.7. The van der Waals surface area contributed by atoms with Crippen LogP contribution in [0, 0.1) is 29.8 Å². The van der Waals surface area contributed by atoms with Crippen LogP contribution in [-0.4, -0.2) is 53.5 Å². The molecule has 198 valence electrons. The summed E-state index contributed by atoms with van der Waals surface area (Å²) in [5.74, 6) is -3.26. The predicted molar refractivity (Wildman–Crippen MR) is 139 cm³/mol. The number of benzene rings is 2. The van der Waals surface area contributed by atoms with E-state index in [1.165, 1.54) is 17.3 Å². The molecule has 1 aliphatic heterocycles. The Labute approximate surface area is 219 Å². The summed E-state index contributed by atoms with van der Waals surface area (Å²) >= 11 is 1.25. The zero-order valence-electron chi connectivity index (χ0n) is 21.0. The summed E-state index contributed by atoms with van der Waals surface area (Å²) in [6, 6.07) is 7.81. The Morgan fingerprint density at radius 1 is 1.16 bits per heavy atom. The van der Waals surface area contributed by atoms with Crippen LogP contribution in [0.25, 0.3) is 10.9 Å². The summed E-state index contributed by atoms with van der Waals surface area (Å²) in [7, 11) is 1.63. The third kappa shape index (κ3) is 6.21. The summed E-state index contributed by atoms with van der Waals surface area (Å²) in [6.07, 6.45) is 5.07. The van der Waals surface area contributed by atoms with Gasteiger partial charge in [0, 0.05) is 28.8 Å². The summed E-state index contributed by atoms with van der Waals surface area (Å²) in [5.41, 5.74) is 2.39. The Morgan fingerprint density at radius 3 is 2.51 bits per heavy atom. The maximum absolute atomic E-state index is 13.4. The van der Waals surface area contributed by atoms with Crippen LogP contribution >= 0.6 is 11.8 Å². The SMILES string of the molecule is COc1ccc2ncc(C)c(CCCC3(C(=O)O)CCN(CCSc4cc(F)c(F)c(F)c4)CC3)c2c1. The molecule has 0 unspecified atom stereocenters. The first-order valence-electron chi connectivity index (χ1n) is 12.4. The predicted octanol–water partition coefficient (Wildman–Crippen LogP) is 6.25. The molecule has 1 saturated heterocycles. The average molecular weight is 533 g/mol. The van der Waals surface area contributed by atoms with Gasteiger partial charge >= 0.3 is 5.97 Å². The van der Waals surface area contributed by atoms with E-state index < -0.39 is 28.8 Å². The number of thioether (sulfide) groups is 1. The van der Waals surface area contributed by atoms with Gasteiger partial charge in [-0.3, -0.25) is 9.78 Å². The molecule has 5 nitrogen and oxygen atoms in total. The lowest BCUT2D eigenvalue weighted by Crippen LogP contribution is -2.45. The Kier molecular flexibility index (Phi) is 8.64. The number of pyridine rings is 1. The molecule has 9 heteroatoms. The lowest BCUT2D eigenvalue weighted by Gasteiger charge is -2.39. The van der Waals surface area contributed by atoms with E-state index in [2.05, 4.69) is 9.88 Å². The molecule has 0 saturated carbocycles. The van der Waals surface area contributed by atoms with Gasteiger partial charge in [-0.2, -0.15) is 0 Å². The molecular formula is C28H31F3N2O3S. The fourth-order valence-corrected chi connectivity index (χ4v) is 6.03. The molecular weight excluding hydrogens is 501 g/mol. The van der Waals surface area contributed by atoms with Gasteiger partial charge in [0.25, 0.3) is 0 Å². The molecule has 0 atom stereocenters. The minimum Gasteiger partial charge on any atom is -0.497 e. The smallest absolute Gasteiger partial charge is 0.309 e. The van der Waals surface area contributed by atoms with Crippen LogP contribution in [0.2, 0.25) is 0 Å². The van der Waals surface area contributed by atoms with E-state index in [9.17, 15) is 23.1 Å². The van der Waals surface area contributed by atoms with Gasteiger partial charge in [-0.25, -0.2) is 13.2 Å². The van der Waals surface area contributed by atoms with Crippen molar-refractivity contribution in [3.63, 3.8) is 0 Å². The summed E-state index contributed by atoms with van der Waals surface area (Å²) < 4.78 is 45.4. The van der Waals surface area contributed by atoms with Gasteiger partial charge in [-0.05, 0) is 93.6 Å². The van der Waals surface area contributed by atoms with Crippen molar-refractivity contribution in [3.05, 3.63) is 65.1 Å². The maximum atomic E-state index is 13.4. The molecule has 3 aromatic rings. The number of piperidine rings is 1. The standard InChI is InChI=1S/C28H31F3N2O3S/c1-18-17-32-25-6-5-19(36-2)14-22(25)21(18)4-3-7-28(27(34)35)8-10-33(11-9-28)12-13-37-20-15-23(29)26(31)24(30)16-20/h5-6,14-17H,3-4,7-13H2,1-2H3,(H,34,35). The molecule has 37 heavy (non-hydrogen) atoms. The molecule has 0 radical (unpaired) electrons. The highest BCUT2D eigenvalue weighted by atomic mass is 32.2. The highest BCUT2D eigenvalue weighted by Gasteiger charge is 2.40. The fraction of sp³-hybridized carbons (Fsp3) is 0.429. The van der Waals surface area contributed by atoms with E-state index >= 15 is 0 Å². The van der Waals surface area contributed by atoms with Crippen molar-refractivity contribution in [2.45, 2.75) is 43.9 Å². The van der Waals surface area contributed by atoms with Crippen molar-refractivity contribution < 1.29 is 27.8 Å². The normalized spacial score (nSPS) is 15.7. The van der Waals surface area contributed by atoms with Gasteiger partial charge in [-0.1, -0.05) is 0 Å². The molecule has 1 N–H and O–H groups in total. The van der Waals surface area contributed by atoms with Crippen LogP contribution in [-0.2, 0) is 11.2 Å². The number of carboxylic acid groups (broad SMARTS) is 1. The number of hydrogen-bond donors (Lipinski definition) is 1. The Balaban J connectivity index is 1.32. The van der Waals surface area contributed by atoms with Crippen molar-refractivity contribution in [2.24, 2.45) is 5.41 Å². The Hall–Kier alpha value is -2.78. The molecule has 2 heterocycles. The number of carboxylic acids is 1. The fourth-order valence-electron chi connectivity index (χ4n) is 5.07. The number of ether oxygens (including phenoxy) is 1. The first kappa shape index (κ1) is 27.3. The number of rotatable bonds is 10. The third-order valence-corrected chi connectivity index (χ3v) is 8.34. The second-order valence-corrected chi connectivity index (χ2v) is 10.8. The van der Waals surface area contributed by atoms with Crippen LogP contribution in [0.3, 0.4) is 0 Å². The number of hydrogen-bond acceptors (Lipinski definition) is 5. The van der Waals surface area contributed by atoms with E-state index in [0.29, 0.717) is 49.5 Å². The molecule has 4 rings (SSSR count). The van der Waals surface area contributed by atoms with Gasteiger partial charge in [-0.15, -0.1) is 11.8 Å². The van der Waals surface area contributed by atoms with Gasteiger partial charge < -0.3 is 14.7 Å². The van der Waals surface area contributed by atoms with Crippen LogP contribution < -0.4 is 4.74 Å². The Bertz CT molecular complexity index is 1260. The number of nitrogens with zero attached hydrogens (tertiary/aromatic N) is 2. The highest BCUT2D eigenvalue weighted by molar-refractivity contribution is 7.99. The minimum absolute atomic E-state index is 0.338. The number of fused-ring (bicyclic) bond motifs is 1. The van der Waals surface area contributed by atoms with E-state index in [1.807, 2.05) is 31.3 Å². The summed E-state index contributed by atoms with van der Waals surface area (Å²) in [5, 5.41) is 11.2.